The highest BCUT2D eigenvalue weighted by Crippen LogP contribution is 2.23. The van der Waals surface area contributed by atoms with Gasteiger partial charge in [-0.15, -0.1) is 0 Å². The number of nitrogens with one attached hydrogen (secondary N) is 1. The molecule has 0 saturated heterocycles. The van der Waals surface area contributed by atoms with Crippen molar-refractivity contribution in [1.82, 2.24) is 0 Å². The maximum Gasteiger partial charge on any atom is 0.354 e. The second-order valence-corrected chi connectivity index (χ2v) is 5.91. The van der Waals surface area contributed by atoms with Crippen LogP contribution in [0.2, 0.25) is 0 Å². The molecule has 1 atom stereocenters. The summed E-state index contributed by atoms with van der Waals surface area (Å²) in [7, 11) is 0. The van der Waals surface area contributed by atoms with E-state index in [4.69, 9.17) is 4.74 Å². The Balaban J connectivity index is 2.13. The summed E-state index contributed by atoms with van der Waals surface area (Å²) in [6.07, 6.45) is -0.778. The number of esters is 1. The molecule has 5 nitrogen and oxygen atoms in total. The van der Waals surface area contributed by atoms with Crippen LogP contribution in [-0.2, 0) is 9.53 Å². The Hall–Kier alpha value is -2.92. The number of carbonyl (C=O) groups is 1. The minimum absolute atomic E-state index is 0.105. The van der Waals surface area contributed by atoms with Gasteiger partial charge >= 0.3 is 5.97 Å². The van der Waals surface area contributed by atoms with Crippen LogP contribution in [0.5, 0.6) is 0 Å². The van der Waals surface area contributed by atoms with Crippen molar-refractivity contribution in [3.63, 3.8) is 0 Å². The zero-order valence-corrected chi connectivity index (χ0v) is 15.1. The van der Waals surface area contributed by atoms with E-state index < -0.39 is 12.1 Å². The molecule has 0 aromatic heterocycles. The average Bonchev–Trinajstić information content (AvgIpc) is 2.66. The lowest BCUT2D eigenvalue weighted by atomic mass is 9.98. The fourth-order valence-corrected chi connectivity index (χ4v) is 2.31. The van der Waals surface area contributed by atoms with Gasteiger partial charge in [0.1, 0.15) is 11.8 Å². The minimum atomic E-state index is -0.882. The Morgan fingerprint density at radius 1 is 1.19 bits per heavy atom. The van der Waals surface area contributed by atoms with E-state index in [0.29, 0.717) is 5.57 Å². The summed E-state index contributed by atoms with van der Waals surface area (Å²) in [5, 5.41) is 14.7. The molecule has 0 aliphatic rings. The molecule has 0 aliphatic heterocycles. The fraction of sp³-hybridized carbons (Fsp3) is 0.238. The molecule has 5 heteroatoms. The van der Waals surface area contributed by atoms with E-state index in [0.717, 1.165) is 16.8 Å². The molecule has 0 heterocycles. The first-order valence-electron chi connectivity index (χ1n) is 8.48. The number of ether oxygens (including phenoxy) is 1. The quantitative estimate of drug-likeness (QED) is 0.326. The van der Waals surface area contributed by atoms with E-state index in [1.165, 1.54) is 0 Å². The van der Waals surface area contributed by atoms with Crippen molar-refractivity contribution in [3.8, 4) is 0 Å². The number of hydrogen-bond donors (Lipinski definition) is 2. The van der Waals surface area contributed by atoms with Crippen LogP contribution < -0.4 is 5.43 Å². The number of hydrogen-bond acceptors (Lipinski definition) is 5. The molecule has 26 heavy (non-hydrogen) atoms. The molecule has 0 fully saturated rings. The van der Waals surface area contributed by atoms with Gasteiger partial charge in [0.2, 0.25) is 0 Å². The first-order chi connectivity index (χ1) is 12.5. The Kier molecular flexibility index (Phi) is 7.12. The molecule has 0 amide bonds. The van der Waals surface area contributed by atoms with Gasteiger partial charge < -0.3 is 9.84 Å². The molecular formula is C21H24N2O3. The normalized spacial score (nSPS) is 12.3. The third kappa shape index (κ3) is 5.57. The van der Waals surface area contributed by atoms with Gasteiger partial charge in [0.25, 0.3) is 0 Å². The number of rotatable bonds is 8. The van der Waals surface area contributed by atoms with Crippen molar-refractivity contribution in [2.75, 3.05) is 12.0 Å². The number of benzene rings is 2. The molecule has 0 saturated carbocycles. The van der Waals surface area contributed by atoms with E-state index in [1.54, 1.807) is 6.92 Å². The van der Waals surface area contributed by atoms with Crippen molar-refractivity contribution in [1.29, 1.82) is 0 Å². The van der Waals surface area contributed by atoms with Crippen LogP contribution in [0, 0.1) is 6.92 Å². The molecule has 2 aromatic rings. The lowest BCUT2D eigenvalue weighted by molar-refractivity contribution is -0.135. The molecular weight excluding hydrogens is 328 g/mol. The summed E-state index contributed by atoms with van der Waals surface area (Å²) >= 11 is 0. The van der Waals surface area contributed by atoms with Crippen LogP contribution >= 0.6 is 0 Å². The van der Waals surface area contributed by atoms with Gasteiger partial charge in [0, 0.05) is 6.42 Å². The van der Waals surface area contributed by atoms with Crippen molar-refractivity contribution in [2.24, 2.45) is 5.10 Å². The van der Waals surface area contributed by atoms with E-state index >= 15 is 0 Å². The summed E-state index contributed by atoms with van der Waals surface area (Å²) in [6, 6.07) is 16.8. The van der Waals surface area contributed by atoms with Crippen molar-refractivity contribution < 1.29 is 14.6 Å². The molecule has 2 rings (SSSR count). The zero-order chi connectivity index (χ0) is 18.9. The highest BCUT2D eigenvalue weighted by Gasteiger charge is 2.19. The van der Waals surface area contributed by atoms with E-state index in [9.17, 15) is 9.90 Å². The van der Waals surface area contributed by atoms with Gasteiger partial charge in [-0.2, -0.15) is 5.10 Å². The number of carbonyl (C=O) groups excluding carboxylic acids is 1. The van der Waals surface area contributed by atoms with Gasteiger partial charge in [0.05, 0.1) is 12.3 Å². The first-order valence-corrected chi connectivity index (χ1v) is 8.48. The number of hydrazone groups is 1. The molecule has 0 bridgehead atoms. The molecule has 2 N–H and O–H groups in total. The Bertz CT molecular complexity index is 768. The number of aliphatic hydroxyl groups excluding tert-OH is 1. The zero-order valence-electron chi connectivity index (χ0n) is 15.1. The highest BCUT2D eigenvalue weighted by atomic mass is 16.5. The predicted molar refractivity (Wildman–Crippen MR) is 104 cm³/mol. The molecule has 1 unspecified atom stereocenters. The maximum absolute atomic E-state index is 12.2. The topological polar surface area (TPSA) is 70.9 Å². The highest BCUT2D eigenvalue weighted by molar-refractivity contribution is 6.37. The molecule has 0 aliphatic carbocycles. The lowest BCUT2D eigenvalue weighted by Crippen LogP contribution is -2.21. The summed E-state index contributed by atoms with van der Waals surface area (Å²) in [5.74, 6) is -0.534. The third-order valence-electron chi connectivity index (χ3n) is 3.78. The van der Waals surface area contributed by atoms with Gasteiger partial charge in [-0.3, -0.25) is 5.43 Å². The molecule has 0 radical (unpaired) electrons. The van der Waals surface area contributed by atoms with Crippen molar-refractivity contribution in [2.45, 2.75) is 26.4 Å². The number of anilines is 1. The van der Waals surface area contributed by atoms with Gasteiger partial charge in [-0.05, 0) is 37.1 Å². The van der Waals surface area contributed by atoms with Crippen LogP contribution in [0.3, 0.4) is 0 Å². The van der Waals surface area contributed by atoms with Crippen LogP contribution in [0.25, 0.3) is 0 Å². The second-order valence-electron chi connectivity index (χ2n) is 5.91. The monoisotopic (exact) mass is 352 g/mol. The molecule has 0 spiro atoms. The van der Waals surface area contributed by atoms with Gasteiger partial charge in [-0.1, -0.05) is 54.6 Å². The lowest BCUT2D eigenvalue weighted by Gasteiger charge is -2.15. The third-order valence-corrected chi connectivity index (χ3v) is 3.78. The fourth-order valence-electron chi connectivity index (χ4n) is 2.31. The summed E-state index contributed by atoms with van der Waals surface area (Å²) in [4.78, 5) is 12.2. The Labute approximate surface area is 154 Å². The van der Waals surface area contributed by atoms with Crippen LogP contribution in [0.4, 0.5) is 5.69 Å². The van der Waals surface area contributed by atoms with Crippen molar-refractivity contribution >= 4 is 17.4 Å². The number of para-hydroxylation sites is 1. The summed E-state index contributed by atoms with van der Waals surface area (Å²) in [6.45, 7) is 7.88. The SMILES string of the molecule is C=C(C/C(=N\Nc1ccccc1)C(=O)OCC)C(O)c1ccc(C)cc1. The van der Waals surface area contributed by atoms with Gasteiger partial charge in [0.15, 0.2) is 0 Å². The Morgan fingerprint density at radius 2 is 1.85 bits per heavy atom. The van der Waals surface area contributed by atoms with Crippen LogP contribution in [-0.4, -0.2) is 23.4 Å². The molecule has 136 valence electrons. The van der Waals surface area contributed by atoms with E-state index in [2.05, 4.69) is 17.1 Å². The van der Waals surface area contributed by atoms with E-state index in [-0.39, 0.29) is 18.7 Å². The van der Waals surface area contributed by atoms with Gasteiger partial charge in [-0.25, -0.2) is 4.79 Å². The summed E-state index contributed by atoms with van der Waals surface area (Å²) in [5.41, 5.74) is 6.04. The van der Waals surface area contributed by atoms with Crippen LogP contribution in [0.15, 0.2) is 71.9 Å². The Morgan fingerprint density at radius 3 is 2.46 bits per heavy atom. The van der Waals surface area contributed by atoms with Crippen molar-refractivity contribution in [3.05, 3.63) is 77.9 Å². The average molecular weight is 352 g/mol. The maximum atomic E-state index is 12.2. The minimum Gasteiger partial charge on any atom is -0.461 e. The standard InChI is InChI=1S/C21H24N2O3/c1-4-26-21(25)19(23-22-18-8-6-5-7-9-18)14-16(3)20(24)17-12-10-15(2)11-13-17/h5-13,20,22,24H,3-4,14H2,1-2H3/b23-19+. The van der Waals surface area contributed by atoms with E-state index in [1.807, 2.05) is 61.5 Å². The number of aryl methyl sites for hydroxylation is 1. The smallest absolute Gasteiger partial charge is 0.354 e. The first kappa shape index (κ1) is 19.4. The number of nitrogens with zero attached hydrogens (tertiary/aromatic N) is 1. The molecule has 2 aromatic carbocycles. The second kappa shape index (κ2) is 9.53. The summed E-state index contributed by atoms with van der Waals surface area (Å²) < 4.78 is 5.06. The predicted octanol–water partition coefficient (Wildman–Crippen LogP) is 4.01. The number of aliphatic hydroxyl groups is 1. The largest absolute Gasteiger partial charge is 0.461 e. The van der Waals surface area contributed by atoms with Crippen LogP contribution in [0.1, 0.15) is 30.6 Å².